The molecular formula is C20H21FN6O. The fourth-order valence-electron chi connectivity index (χ4n) is 3.26. The number of anilines is 2. The van der Waals surface area contributed by atoms with Crippen LogP contribution in [0, 0.1) is 12.7 Å². The Morgan fingerprint density at radius 2 is 1.61 bits per heavy atom. The van der Waals surface area contributed by atoms with E-state index in [9.17, 15) is 9.18 Å². The van der Waals surface area contributed by atoms with Crippen LogP contribution in [0.1, 0.15) is 11.3 Å². The first-order valence-corrected chi connectivity index (χ1v) is 9.20. The second kappa shape index (κ2) is 7.75. The fourth-order valence-corrected chi connectivity index (χ4v) is 3.26. The Bertz CT molecular complexity index is 1010. The van der Waals surface area contributed by atoms with Gasteiger partial charge in [0.2, 0.25) is 0 Å². The van der Waals surface area contributed by atoms with Gasteiger partial charge in [0.1, 0.15) is 23.8 Å². The predicted octanol–water partition coefficient (Wildman–Crippen LogP) is 1.86. The Hall–Kier alpha value is -3.29. The molecule has 7 nitrogen and oxygen atoms in total. The van der Waals surface area contributed by atoms with E-state index in [4.69, 9.17) is 0 Å². The summed E-state index contributed by atoms with van der Waals surface area (Å²) in [5.41, 5.74) is 1.60. The third-order valence-corrected chi connectivity index (χ3v) is 4.82. The third kappa shape index (κ3) is 4.00. The van der Waals surface area contributed by atoms with Gasteiger partial charge in [-0.15, -0.1) is 0 Å². The summed E-state index contributed by atoms with van der Waals surface area (Å²) in [5.74, 6) is 1.40. The molecule has 28 heavy (non-hydrogen) atoms. The molecule has 0 radical (unpaired) electrons. The van der Waals surface area contributed by atoms with Gasteiger partial charge in [0, 0.05) is 44.0 Å². The summed E-state index contributed by atoms with van der Waals surface area (Å²) >= 11 is 0. The zero-order valence-corrected chi connectivity index (χ0v) is 15.6. The van der Waals surface area contributed by atoms with Crippen molar-refractivity contribution in [3.63, 3.8) is 0 Å². The molecule has 8 heteroatoms. The lowest BCUT2D eigenvalue weighted by Gasteiger charge is -2.36. The van der Waals surface area contributed by atoms with E-state index in [-0.39, 0.29) is 11.4 Å². The Morgan fingerprint density at radius 1 is 0.929 bits per heavy atom. The summed E-state index contributed by atoms with van der Waals surface area (Å²) in [4.78, 5) is 25.1. The van der Waals surface area contributed by atoms with Crippen LogP contribution < -0.4 is 15.4 Å². The van der Waals surface area contributed by atoms with Gasteiger partial charge >= 0.3 is 0 Å². The van der Waals surface area contributed by atoms with E-state index in [0.717, 1.165) is 49.1 Å². The number of nitrogens with zero attached hydrogens (tertiary/aromatic N) is 6. The number of aromatic nitrogens is 4. The van der Waals surface area contributed by atoms with Gasteiger partial charge in [-0.1, -0.05) is 12.1 Å². The average Bonchev–Trinajstić information content (AvgIpc) is 2.71. The molecule has 1 aromatic carbocycles. The Kier molecular flexibility index (Phi) is 5.01. The van der Waals surface area contributed by atoms with Crippen molar-refractivity contribution in [2.45, 2.75) is 13.5 Å². The molecule has 1 aliphatic rings. The van der Waals surface area contributed by atoms with Crippen LogP contribution in [0.3, 0.4) is 0 Å². The molecule has 1 aliphatic heterocycles. The molecule has 2 aromatic heterocycles. The van der Waals surface area contributed by atoms with Gasteiger partial charge in [0.25, 0.3) is 5.56 Å². The van der Waals surface area contributed by atoms with Crippen molar-refractivity contribution in [1.82, 2.24) is 19.7 Å². The second-order valence-electron chi connectivity index (χ2n) is 6.81. The zero-order valence-electron chi connectivity index (χ0n) is 15.6. The van der Waals surface area contributed by atoms with Crippen LogP contribution >= 0.6 is 0 Å². The lowest BCUT2D eigenvalue weighted by Crippen LogP contribution is -2.47. The first-order chi connectivity index (χ1) is 13.6. The van der Waals surface area contributed by atoms with E-state index in [1.807, 2.05) is 13.0 Å². The molecular weight excluding hydrogens is 359 g/mol. The van der Waals surface area contributed by atoms with Gasteiger partial charge < -0.3 is 9.80 Å². The molecule has 0 amide bonds. The van der Waals surface area contributed by atoms with Crippen molar-refractivity contribution in [2.75, 3.05) is 36.0 Å². The standard InChI is InChI=1S/C20H21FN6O/c1-15-12-19(23-14-22-15)26-10-8-25(9-11-26)18-6-7-20(28)27(24-18)13-16-2-4-17(21)5-3-16/h2-7,12,14H,8-11,13H2,1H3. The quantitative estimate of drug-likeness (QED) is 0.688. The van der Waals surface area contributed by atoms with Crippen molar-refractivity contribution < 1.29 is 4.39 Å². The topological polar surface area (TPSA) is 67.2 Å². The predicted molar refractivity (Wildman–Crippen MR) is 105 cm³/mol. The van der Waals surface area contributed by atoms with E-state index in [0.29, 0.717) is 6.54 Å². The molecule has 0 atom stereocenters. The first-order valence-electron chi connectivity index (χ1n) is 9.20. The summed E-state index contributed by atoms with van der Waals surface area (Å²) in [5, 5.41) is 4.52. The third-order valence-electron chi connectivity index (χ3n) is 4.82. The van der Waals surface area contributed by atoms with Crippen molar-refractivity contribution in [2.24, 2.45) is 0 Å². The smallest absolute Gasteiger partial charge is 0.267 e. The summed E-state index contributed by atoms with van der Waals surface area (Å²) in [6.45, 7) is 5.46. The zero-order chi connectivity index (χ0) is 19.5. The lowest BCUT2D eigenvalue weighted by molar-refractivity contribution is 0.597. The normalized spacial score (nSPS) is 14.4. The van der Waals surface area contributed by atoms with Crippen molar-refractivity contribution in [1.29, 1.82) is 0 Å². The van der Waals surface area contributed by atoms with Crippen molar-refractivity contribution >= 4 is 11.6 Å². The number of hydrogen-bond acceptors (Lipinski definition) is 6. The molecule has 4 rings (SSSR count). The Morgan fingerprint density at radius 3 is 2.29 bits per heavy atom. The van der Waals surface area contributed by atoms with Gasteiger partial charge in [0.15, 0.2) is 0 Å². The molecule has 1 fully saturated rings. The van der Waals surface area contributed by atoms with E-state index < -0.39 is 0 Å². The molecule has 144 valence electrons. The minimum atomic E-state index is -0.297. The van der Waals surface area contributed by atoms with Gasteiger partial charge in [-0.25, -0.2) is 19.0 Å². The maximum atomic E-state index is 13.1. The number of piperazine rings is 1. The van der Waals surface area contributed by atoms with Crippen molar-refractivity contribution in [3.8, 4) is 0 Å². The highest BCUT2D eigenvalue weighted by Crippen LogP contribution is 2.17. The maximum absolute atomic E-state index is 13.1. The van der Waals surface area contributed by atoms with Gasteiger partial charge in [0.05, 0.1) is 6.54 Å². The summed E-state index contributed by atoms with van der Waals surface area (Å²) in [6, 6.07) is 11.4. The Labute approximate surface area is 162 Å². The number of halogens is 1. The number of benzene rings is 1. The largest absolute Gasteiger partial charge is 0.353 e. The van der Waals surface area contributed by atoms with Crippen molar-refractivity contribution in [3.05, 3.63) is 76.2 Å². The summed E-state index contributed by atoms with van der Waals surface area (Å²) < 4.78 is 14.5. The molecule has 0 saturated carbocycles. The molecule has 0 bridgehead atoms. The van der Waals surface area contributed by atoms with Gasteiger partial charge in [-0.3, -0.25) is 4.79 Å². The van der Waals surface area contributed by atoms with Crippen LogP contribution in [0.25, 0.3) is 0 Å². The molecule has 0 aliphatic carbocycles. The Balaban J connectivity index is 1.46. The molecule has 0 spiro atoms. The summed E-state index contributed by atoms with van der Waals surface area (Å²) in [6.07, 6.45) is 1.59. The second-order valence-corrected chi connectivity index (χ2v) is 6.81. The van der Waals surface area contributed by atoms with E-state index >= 15 is 0 Å². The van der Waals surface area contributed by atoms with Crippen LogP contribution in [-0.2, 0) is 6.54 Å². The number of hydrogen-bond donors (Lipinski definition) is 0. The minimum absolute atomic E-state index is 0.178. The first kappa shape index (κ1) is 18.1. The van der Waals surface area contributed by atoms with Crippen LogP contribution in [0.5, 0.6) is 0 Å². The molecule has 3 heterocycles. The fraction of sp³-hybridized carbons (Fsp3) is 0.300. The molecule has 3 aromatic rings. The van der Waals surface area contributed by atoms with E-state index in [1.165, 1.54) is 22.9 Å². The highest BCUT2D eigenvalue weighted by Gasteiger charge is 2.20. The SMILES string of the molecule is Cc1cc(N2CCN(c3ccc(=O)n(Cc4ccc(F)cc4)n3)CC2)ncn1. The highest BCUT2D eigenvalue weighted by molar-refractivity contribution is 5.44. The monoisotopic (exact) mass is 380 g/mol. The van der Waals surface area contributed by atoms with Crippen LogP contribution in [0.15, 0.2) is 53.6 Å². The molecule has 0 unspecified atom stereocenters. The number of rotatable bonds is 4. The van der Waals surface area contributed by atoms with E-state index in [2.05, 4.69) is 24.9 Å². The minimum Gasteiger partial charge on any atom is -0.353 e. The van der Waals surface area contributed by atoms with Gasteiger partial charge in [-0.05, 0) is 30.7 Å². The lowest BCUT2D eigenvalue weighted by atomic mass is 10.2. The molecule has 1 saturated heterocycles. The van der Waals surface area contributed by atoms with Crippen LogP contribution in [0.4, 0.5) is 16.0 Å². The van der Waals surface area contributed by atoms with Gasteiger partial charge in [-0.2, -0.15) is 5.10 Å². The molecule has 0 N–H and O–H groups in total. The van der Waals surface area contributed by atoms with Crippen LogP contribution in [-0.4, -0.2) is 45.9 Å². The van der Waals surface area contributed by atoms with E-state index in [1.54, 1.807) is 24.5 Å². The highest BCUT2D eigenvalue weighted by atomic mass is 19.1. The number of aryl methyl sites for hydroxylation is 1. The average molecular weight is 380 g/mol. The summed E-state index contributed by atoms with van der Waals surface area (Å²) in [7, 11) is 0. The van der Waals surface area contributed by atoms with Crippen LogP contribution in [0.2, 0.25) is 0 Å². The maximum Gasteiger partial charge on any atom is 0.267 e.